The molecule has 250 valence electrons. The van der Waals surface area contributed by atoms with Crippen molar-refractivity contribution in [3.63, 3.8) is 0 Å². The summed E-state index contributed by atoms with van der Waals surface area (Å²) in [7, 11) is 0. The van der Waals surface area contributed by atoms with E-state index in [0.29, 0.717) is 0 Å². The Labute approximate surface area is 304 Å². The molecular formula is C48H38N4. The van der Waals surface area contributed by atoms with Crippen LogP contribution in [0, 0.1) is 0 Å². The molecule has 0 radical (unpaired) electrons. The van der Waals surface area contributed by atoms with Crippen LogP contribution in [0.2, 0.25) is 0 Å². The maximum absolute atomic E-state index is 4.00. The third kappa shape index (κ3) is 4.44. The molecule has 0 bridgehead atoms. The van der Waals surface area contributed by atoms with Gasteiger partial charge in [-0.05, 0) is 76.9 Å². The predicted molar refractivity (Wildman–Crippen MR) is 215 cm³/mol. The number of hydrogen-bond acceptors (Lipinski definition) is 3. The minimum absolute atomic E-state index is 0.0638. The van der Waals surface area contributed by atoms with E-state index in [2.05, 4.69) is 184 Å². The molecule has 1 aromatic heterocycles. The molecule has 3 unspecified atom stereocenters. The number of aromatic nitrogens is 1. The van der Waals surface area contributed by atoms with E-state index in [1.807, 2.05) is 0 Å². The lowest BCUT2D eigenvalue weighted by Crippen LogP contribution is -2.37. The summed E-state index contributed by atoms with van der Waals surface area (Å²) < 4.78 is 2.57. The van der Waals surface area contributed by atoms with E-state index in [0.717, 1.165) is 19.3 Å². The normalized spacial score (nSPS) is 19.6. The lowest BCUT2D eigenvalue weighted by Gasteiger charge is -2.36. The topological polar surface area (TPSA) is 32.2 Å². The molecule has 0 saturated carbocycles. The number of anilines is 3. The molecule has 0 fully saturated rings. The zero-order valence-corrected chi connectivity index (χ0v) is 28.8. The molecule has 3 heterocycles. The van der Waals surface area contributed by atoms with Crippen molar-refractivity contribution in [2.24, 2.45) is 0 Å². The van der Waals surface area contributed by atoms with Crippen LogP contribution in [0.25, 0.3) is 34.2 Å². The maximum atomic E-state index is 4.00. The van der Waals surface area contributed by atoms with Gasteiger partial charge in [0.15, 0.2) is 0 Å². The predicted octanol–water partition coefficient (Wildman–Crippen LogP) is 11.0. The minimum Gasteiger partial charge on any atom is -0.366 e. The number of benzene rings is 6. The van der Waals surface area contributed by atoms with Crippen molar-refractivity contribution >= 4 is 45.6 Å². The van der Waals surface area contributed by atoms with Crippen LogP contribution in [0.4, 0.5) is 17.1 Å². The summed E-state index contributed by atoms with van der Waals surface area (Å²) in [6.07, 6.45) is 10.2. The zero-order valence-electron chi connectivity index (χ0n) is 28.8. The molecule has 3 atom stereocenters. The summed E-state index contributed by atoms with van der Waals surface area (Å²) in [5, 5.41) is 10.4. The summed E-state index contributed by atoms with van der Waals surface area (Å²) in [5.41, 5.74) is 17.1. The van der Waals surface area contributed by atoms with Crippen LogP contribution < -0.4 is 15.5 Å². The molecule has 2 aliphatic carbocycles. The fourth-order valence-corrected chi connectivity index (χ4v) is 9.44. The number of para-hydroxylation sites is 3. The highest BCUT2D eigenvalue weighted by Gasteiger charge is 2.41. The third-order valence-corrected chi connectivity index (χ3v) is 11.7. The van der Waals surface area contributed by atoms with Gasteiger partial charge in [0.05, 0.1) is 12.1 Å². The first-order chi connectivity index (χ1) is 25.8. The fraction of sp³-hybridized carbons (Fsp3) is 0.125. The lowest BCUT2D eigenvalue weighted by atomic mass is 9.88. The van der Waals surface area contributed by atoms with Gasteiger partial charge >= 0.3 is 0 Å². The van der Waals surface area contributed by atoms with Gasteiger partial charge in [-0.3, -0.25) is 5.32 Å². The number of rotatable bonds is 4. The minimum atomic E-state index is -0.0638. The lowest BCUT2D eigenvalue weighted by molar-refractivity contribution is 0.508. The van der Waals surface area contributed by atoms with Gasteiger partial charge in [0.2, 0.25) is 0 Å². The van der Waals surface area contributed by atoms with Crippen LogP contribution in [0.3, 0.4) is 0 Å². The Bertz CT molecular complexity index is 2580. The van der Waals surface area contributed by atoms with Crippen LogP contribution in [0.1, 0.15) is 63.4 Å². The number of nitrogens with zero attached hydrogens (tertiary/aromatic N) is 2. The maximum Gasteiger partial charge on any atom is 0.105 e. The van der Waals surface area contributed by atoms with Gasteiger partial charge in [-0.2, -0.15) is 0 Å². The van der Waals surface area contributed by atoms with Gasteiger partial charge < -0.3 is 14.8 Å². The Morgan fingerprint density at radius 2 is 1.35 bits per heavy atom. The van der Waals surface area contributed by atoms with E-state index < -0.39 is 0 Å². The Hall–Kier alpha value is -6.10. The molecule has 0 spiro atoms. The van der Waals surface area contributed by atoms with Crippen molar-refractivity contribution in [2.75, 3.05) is 10.2 Å². The van der Waals surface area contributed by atoms with Crippen molar-refractivity contribution < 1.29 is 0 Å². The summed E-state index contributed by atoms with van der Waals surface area (Å²) >= 11 is 0. The van der Waals surface area contributed by atoms with Gasteiger partial charge in [-0.15, -0.1) is 0 Å². The highest BCUT2D eigenvalue weighted by Crippen LogP contribution is 2.52. The Kier molecular flexibility index (Phi) is 6.68. The smallest absolute Gasteiger partial charge is 0.105 e. The molecule has 4 heteroatoms. The van der Waals surface area contributed by atoms with Gasteiger partial charge in [-0.25, -0.2) is 0 Å². The van der Waals surface area contributed by atoms with Crippen LogP contribution >= 0.6 is 0 Å². The first-order valence-corrected chi connectivity index (χ1v) is 18.6. The summed E-state index contributed by atoms with van der Waals surface area (Å²) in [6.45, 7) is 0. The quantitative estimate of drug-likeness (QED) is 0.195. The van der Waals surface area contributed by atoms with Crippen molar-refractivity contribution in [1.82, 2.24) is 9.88 Å². The number of fused-ring (bicyclic) bond motifs is 8. The van der Waals surface area contributed by atoms with Crippen molar-refractivity contribution in [3.05, 3.63) is 196 Å². The molecule has 2 aliphatic heterocycles. The number of allylic oxidation sites excluding steroid dienone is 1. The second-order valence-electron chi connectivity index (χ2n) is 14.4. The van der Waals surface area contributed by atoms with Crippen LogP contribution in [-0.4, -0.2) is 10.6 Å². The second-order valence-corrected chi connectivity index (χ2v) is 14.4. The van der Waals surface area contributed by atoms with E-state index in [-0.39, 0.29) is 18.2 Å². The molecule has 2 N–H and O–H groups in total. The third-order valence-electron chi connectivity index (χ3n) is 11.7. The Morgan fingerprint density at radius 1 is 0.596 bits per heavy atom. The fourth-order valence-electron chi connectivity index (χ4n) is 9.44. The molecular weight excluding hydrogens is 633 g/mol. The van der Waals surface area contributed by atoms with Crippen molar-refractivity contribution in [3.8, 4) is 5.69 Å². The van der Waals surface area contributed by atoms with E-state index in [9.17, 15) is 0 Å². The van der Waals surface area contributed by atoms with Crippen LogP contribution in [0.15, 0.2) is 152 Å². The van der Waals surface area contributed by atoms with Gasteiger partial charge in [0, 0.05) is 62.6 Å². The first kappa shape index (κ1) is 29.6. The SMILES string of the molecule is C1=Cc2c3c(n(-c4ccccc4)c2CC1)CC1C(=C3)c2ccccc2N1c1ccc(C2Nc3ccccc3C(c3ccccc3)N2)c2ccccc12. The van der Waals surface area contributed by atoms with E-state index in [4.69, 9.17) is 0 Å². The highest BCUT2D eigenvalue weighted by atomic mass is 15.2. The van der Waals surface area contributed by atoms with Crippen LogP contribution in [-0.2, 0) is 12.8 Å². The Balaban J connectivity index is 1.05. The molecule has 52 heavy (non-hydrogen) atoms. The van der Waals surface area contributed by atoms with Crippen molar-refractivity contribution in [1.29, 1.82) is 0 Å². The first-order valence-electron chi connectivity index (χ1n) is 18.6. The molecule has 0 amide bonds. The molecule has 0 saturated heterocycles. The van der Waals surface area contributed by atoms with Crippen molar-refractivity contribution in [2.45, 2.75) is 37.5 Å². The second kappa shape index (κ2) is 11.7. The molecule has 11 rings (SSSR count). The van der Waals surface area contributed by atoms with E-state index >= 15 is 0 Å². The van der Waals surface area contributed by atoms with Crippen LogP contribution in [0.5, 0.6) is 0 Å². The zero-order chi connectivity index (χ0) is 34.2. The molecule has 7 aromatic rings. The van der Waals surface area contributed by atoms with Gasteiger partial charge in [0.1, 0.15) is 6.17 Å². The summed E-state index contributed by atoms with van der Waals surface area (Å²) in [4.78, 5) is 2.64. The van der Waals surface area contributed by atoms with E-state index in [1.54, 1.807) is 0 Å². The monoisotopic (exact) mass is 670 g/mol. The molecule has 6 aromatic carbocycles. The highest BCUT2D eigenvalue weighted by molar-refractivity contribution is 6.06. The molecule has 4 nitrogen and oxygen atoms in total. The standard InChI is InChI=1S/C48H38N4/c1-3-15-31(16-4-1)47-38-23-9-12-24-41(38)49-48(50-47)37-27-28-44(34-20-8-7-19-33(34)37)52-43-26-14-11-22-36(43)40-29-39-35-21-10-13-25-42(35)51(45(39)30-46(40)52)32-17-5-2-6-18-32/h1-12,14-24,26-29,46-50H,13,25,30H2. The number of hydrogen-bond donors (Lipinski definition) is 2. The number of nitrogens with one attached hydrogen (secondary N) is 2. The molecule has 4 aliphatic rings. The van der Waals surface area contributed by atoms with Gasteiger partial charge in [0.25, 0.3) is 0 Å². The summed E-state index contributed by atoms with van der Waals surface area (Å²) in [5.74, 6) is 0. The largest absolute Gasteiger partial charge is 0.366 e. The van der Waals surface area contributed by atoms with E-state index in [1.165, 1.54) is 83.9 Å². The Morgan fingerprint density at radius 3 is 2.23 bits per heavy atom. The average Bonchev–Trinajstić information content (AvgIpc) is 3.71. The van der Waals surface area contributed by atoms with Gasteiger partial charge in [-0.1, -0.05) is 127 Å². The average molecular weight is 671 g/mol. The summed E-state index contributed by atoms with van der Waals surface area (Å²) in [6, 6.07) is 53.5.